The molecular formula is C15H21NO8. The summed E-state index contributed by atoms with van der Waals surface area (Å²) in [5.74, 6) is 0.131. The molecule has 2 atom stereocenters. The molecule has 24 heavy (non-hydrogen) atoms. The summed E-state index contributed by atoms with van der Waals surface area (Å²) >= 11 is 0. The molecule has 0 saturated heterocycles. The van der Waals surface area contributed by atoms with Gasteiger partial charge in [-0.15, -0.1) is 0 Å². The zero-order valence-corrected chi connectivity index (χ0v) is 13.8. The van der Waals surface area contributed by atoms with Crippen LogP contribution < -0.4 is 4.74 Å². The number of non-ortho nitro benzene ring substituents is 1. The summed E-state index contributed by atoms with van der Waals surface area (Å²) in [5.41, 5.74) is -0.104. The number of nitro benzene ring substituents is 1. The molecule has 1 aromatic carbocycles. The standard InChI is InChI=1S/C15H21NO8/c1-4-12(9-20-2)23-14(21-3)10-22-15(17)24-13-7-5-11(6-8-13)16(18)19/h5-8,12,14H,4,9-10H2,1-3H3. The van der Waals surface area contributed by atoms with E-state index in [1.807, 2.05) is 6.92 Å². The maximum atomic E-state index is 11.6. The molecule has 0 aliphatic rings. The van der Waals surface area contributed by atoms with Crippen molar-refractivity contribution in [2.75, 3.05) is 27.4 Å². The van der Waals surface area contributed by atoms with Crippen LogP contribution in [0.1, 0.15) is 13.3 Å². The van der Waals surface area contributed by atoms with Crippen LogP contribution in [0.3, 0.4) is 0 Å². The lowest BCUT2D eigenvalue weighted by atomic mass is 10.3. The highest BCUT2D eigenvalue weighted by molar-refractivity contribution is 5.63. The van der Waals surface area contributed by atoms with E-state index in [2.05, 4.69) is 0 Å². The Labute approximate surface area is 139 Å². The van der Waals surface area contributed by atoms with E-state index < -0.39 is 17.4 Å². The van der Waals surface area contributed by atoms with E-state index in [1.54, 1.807) is 7.11 Å². The minimum absolute atomic E-state index is 0.104. The number of nitrogens with zero attached hydrogens (tertiary/aromatic N) is 1. The average Bonchev–Trinajstić information content (AvgIpc) is 2.58. The predicted octanol–water partition coefficient (Wildman–Crippen LogP) is 2.52. The van der Waals surface area contributed by atoms with Gasteiger partial charge in [0.25, 0.3) is 5.69 Å². The first kappa shape index (κ1) is 19.8. The molecule has 0 aliphatic heterocycles. The van der Waals surface area contributed by atoms with Crippen LogP contribution in [0.2, 0.25) is 0 Å². The molecule has 1 aromatic rings. The van der Waals surface area contributed by atoms with Gasteiger partial charge in [0.05, 0.1) is 17.6 Å². The van der Waals surface area contributed by atoms with Gasteiger partial charge in [-0.05, 0) is 18.6 Å². The molecule has 0 N–H and O–H groups in total. The number of rotatable bonds is 10. The SMILES string of the molecule is CCC(COC)OC(COC(=O)Oc1ccc([N+](=O)[O-])cc1)OC. The van der Waals surface area contributed by atoms with Gasteiger partial charge in [-0.25, -0.2) is 4.79 Å². The molecule has 0 amide bonds. The van der Waals surface area contributed by atoms with E-state index in [1.165, 1.54) is 31.4 Å². The summed E-state index contributed by atoms with van der Waals surface area (Å²) in [5, 5.41) is 10.5. The van der Waals surface area contributed by atoms with Crippen LogP contribution in [0.4, 0.5) is 10.5 Å². The van der Waals surface area contributed by atoms with E-state index >= 15 is 0 Å². The lowest BCUT2D eigenvalue weighted by Gasteiger charge is -2.22. The Balaban J connectivity index is 2.44. The van der Waals surface area contributed by atoms with Gasteiger partial charge >= 0.3 is 6.16 Å². The van der Waals surface area contributed by atoms with Crippen molar-refractivity contribution in [2.24, 2.45) is 0 Å². The van der Waals surface area contributed by atoms with Crippen molar-refractivity contribution >= 4 is 11.8 Å². The first-order valence-corrected chi connectivity index (χ1v) is 7.26. The Bertz CT molecular complexity index is 519. The zero-order chi connectivity index (χ0) is 17.9. The fraction of sp³-hybridized carbons (Fsp3) is 0.533. The molecular weight excluding hydrogens is 322 g/mol. The third-order valence-electron chi connectivity index (χ3n) is 3.00. The normalized spacial score (nSPS) is 13.1. The third-order valence-corrected chi connectivity index (χ3v) is 3.00. The third kappa shape index (κ3) is 6.90. The molecule has 0 bridgehead atoms. The molecule has 134 valence electrons. The van der Waals surface area contributed by atoms with Crippen LogP contribution in [-0.4, -0.2) is 50.9 Å². The van der Waals surface area contributed by atoms with E-state index in [0.717, 1.165) is 0 Å². The Morgan fingerprint density at radius 1 is 1.21 bits per heavy atom. The highest BCUT2D eigenvalue weighted by atomic mass is 16.8. The van der Waals surface area contributed by atoms with Crippen LogP contribution in [0.5, 0.6) is 5.75 Å². The smallest absolute Gasteiger partial charge is 0.429 e. The Kier molecular flexibility index (Phi) is 8.69. The lowest BCUT2D eigenvalue weighted by Crippen LogP contribution is -2.31. The highest BCUT2D eigenvalue weighted by Crippen LogP contribution is 2.17. The monoisotopic (exact) mass is 343 g/mol. The summed E-state index contributed by atoms with van der Waals surface area (Å²) in [6, 6.07) is 5.05. The van der Waals surface area contributed by atoms with Crippen LogP contribution in [-0.2, 0) is 18.9 Å². The molecule has 0 saturated carbocycles. The van der Waals surface area contributed by atoms with E-state index in [0.29, 0.717) is 13.0 Å². The molecule has 9 nitrogen and oxygen atoms in total. The van der Waals surface area contributed by atoms with E-state index in [4.69, 9.17) is 23.7 Å². The largest absolute Gasteiger partial charge is 0.514 e. The average molecular weight is 343 g/mol. The number of carbonyl (C=O) groups excluding carboxylic acids is 1. The summed E-state index contributed by atoms with van der Waals surface area (Å²) in [6.07, 6.45) is -1.20. The molecule has 2 unspecified atom stereocenters. The molecule has 0 aliphatic carbocycles. The topological polar surface area (TPSA) is 106 Å². The Hall–Kier alpha value is -2.23. The number of benzene rings is 1. The number of nitro groups is 1. The van der Waals surface area contributed by atoms with Gasteiger partial charge in [0.1, 0.15) is 12.4 Å². The quantitative estimate of drug-likeness (QED) is 0.210. The Morgan fingerprint density at radius 2 is 1.88 bits per heavy atom. The number of carbonyl (C=O) groups is 1. The molecule has 0 spiro atoms. The minimum atomic E-state index is -0.964. The minimum Gasteiger partial charge on any atom is -0.429 e. The van der Waals surface area contributed by atoms with E-state index in [9.17, 15) is 14.9 Å². The summed E-state index contributed by atoms with van der Waals surface area (Å²) in [7, 11) is 2.99. The van der Waals surface area contributed by atoms with Gasteiger partial charge in [-0.3, -0.25) is 10.1 Å². The van der Waals surface area contributed by atoms with Crippen molar-refractivity contribution in [2.45, 2.75) is 25.7 Å². The van der Waals surface area contributed by atoms with Crippen molar-refractivity contribution < 1.29 is 33.4 Å². The van der Waals surface area contributed by atoms with Crippen molar-refractivity contribution in [3.63, 3.8) is 0 Å². The summed E-state index contributed by atoms with van der Waals surface area (Å²) < 4.78 is 25.5. The molecule has 0 fully saturated rings. The second kappa shape index (κ2) is 10.5. The fourth-order valence-electron chi connectivity index (χ4n) is 1.71. The van der Waals surface area contributed by atoms with Gasteiger partial charge in [0.2, 0.25) is 0 Å². The zero-order valence-electron chi connectivity index (χ0n) is 13.8. The first-order chi connectivity index (χ1) is 11.5. The van der Waals surface area contributed by atoms with Crippen LogP contribution in [0, 0.1) is 10.1 Å². The molecule has 0 radical (unpaired) electrons. The molecule has 0 aromatic heterocycles. The highest BCUT2D eigenvalue weighted by Gasteiger charge is 2.18. The predicted molar refractivity (Wildman–Crippen MR) is 82.9 cm³/mol. The summed E-state index contributed by atoms with van der Waals surface area (Å²) in [6.45, 7) is 2.16. The maximum absolute atomic E-state index is 11.6. The van der Waals surface area contributed by atoms with Crippen molar-refractivity contribution in [1.82, 2.24) is 0 Å². The number of hydrogen-bond donors (Lipinski definition) is 0. The second-order valence-corrected chi connectivity index (χ2v) is 4.70. The first-order valence-electron chi connectivity index (χ1n) is 7.26. The molecule has 9 heteroatoms. The fourth-order valence-corrected chi connectivity index (χ4v) is 1.71. The second-order valence-electron chi connectivity index (χ2n) is 4.70. The van der Waals surface area contributed by atoms with Crippen molar-refractivity contribution in [3.05, 3.63) is 34.4 Å². The molecule has 1 rings (SSSR count). The van der Waals surface area contributed by atoms with Gasteiger partial charge in [-0.2, -0.15) is 0 Å². The molecule has 0 heterocycles. The van der Waals surface area contributed by atoms with Gasteiger partial charge in [0, 0.05) is 26.4 Å². The van der Waals surface area contributed by atoms with Crippen LogP contribution in [0.15, 0.2) is 24.3 Å². The maximum Gasteiger partial charge on any atom is 0.514 e. The summed E-state index contributed by atoms with van der Waals surface area (Å²) in [4.78, 5) is 21.6. The van der Waals surface area contributed by atoms with Crippen LogP contribution >= 0.6 is 0 Å². The van der Waals surface area contributed by atoms with E-state index in [-0.39, 0.29) is 24.1 Å². The van der Waals surface area contributed by atoms with Crippen molar-refractivity contribution in [1.29, 1.82) is 0 Å². The van der Waals surface area contributed by atoms with Gasteiger partial charge < -0.3 is 23.7 Å². The number of methoxy groups -OCH3 is 2. The van der Waals surface area contributed by atoms with Crippen molar-refractivity contribution in [3.8, 4) is 5.75 Å². The number of ether oxygens (including phenoxy) is 5. The van der Waals surface area contributed by atoms with Crippen LogP contribution in [0.25, 0.3) is 0 Å². The van der Waals surface area contributed by atoms with Gasteiger partial charge in [-0.1, -0.05) is 6.92 Å². The number of hydrogen-bond acceptors (Lipinski definition) is 8. The van der Waals surface area contributed by atoms with Gasteiger partial charge in [0.15, 0.2) is 6.29 Å². The Morgan fingerprint density at radius 3 is 2.38 bits per heavy atom. The lowest BCUT2D eigenvalue weighted by molar-refractivity contribution is -0.384.